The van der Waals surface area contributed by atoms with Crippen LogP contribution in [-0.4, -0.2) is 5.91 Å². The highest BCUT2D eigenvalue weighted by molar-refractivity contribution is 6.31. The third-order valence-electron chi connectivity index (χ3n) is 4.12. The zero-order valence-corrected chi connectivity index (χ0v) is 15.2. The van der Waals surface area contributed by atoms with Crippen molar-refractivity contribution < 1.29 is 9.53 Å². The Labute approximate surface area is 158 Å². The van der Waals surface area contributed by atoms with Gasteiger partial charge in [0.15, 0.2) is 0 Å². The van der Waals surface area contributed by atoms with E-state index < -0.39 is 0 Å². The van der Waals surface area contributed by atoms with E-state index in [0.717, 1.165) is 11.1 Å². The molecule has 0 aromatic heterocycles. The molecule has 0 bridgehead atoms. The summed E-state index contributed by atoms with van der Waals surface area (Å²) in [7, 11) is 0. The van der Waals surface area contributed by atoms with Gasteiger partial charge in [-0.15, -0.1) is 0 Å². The predicted molar refractivity (Wildman–Crippen MR) is 105 cm³/mol. The first kappa shape index (κ1) is 18.0. The van der Waals surface area contributed by atoms with Gasteiger partial charge in [-0.3, -0.25) is 4.79 Å². The lowest BCUT2D eigenvalue weighted by molar-refractivity contribution is 0.0935. The number of carbonyl (C=O) groups excluding carboxylic acids is 1. The fourth-order valence-corrected chi connectivity index (χ4v) is 2.84. The van der Waals surface area contributed by atoms with Crippen LogP contribution < -0.4 is 10.1 Å². The zero-order valence-electron chi connectivity index (χ0n) is 14.5. The number of benzene rings is 3. The van der Waals surface area contributed by atoms with E-state index in [1.807, 2.05) is 73.7 Å². The molecule has 3 aromatic carbocycles. The van der Waals surface area contributed by atoms with E-state index in [4.69, 9.17) is 16.3 Å². The summed E-state index contributed by atoms with van der Waals surface area (Å²) in [5.74, 6) is 0.362. The molecule has 132 valence electrons. The maximum Gasteiger partial charge on any atom is 0.255 e. The molecule has 0 aliphatic heterocycles. The van der Waals surface area contributed by atoms with Crippen LogP contribution >= 0.6 is 11.6 Å². The minimum atomic E-state index is -0.170. The molecule has 1 amide bonds. The number of para-hydroxylation sites is 1. The monoisotopic (exact) mass is 365 g/mol. The molecule has 3 nitrogen and oxygen atoms in total. The molecule has 1 N–H and O–H groups in total. The molecule has 1 atom stereocenters. The second-order valence-electron chi connectivity index (χ2n) is 5.98. The summed E-state index contributed by atoms with van der Waals surface area (Å²) in [4.78, 5) is 12.7. The zero-order chi connectivity index (χ0) is 18.4. The SMILES string of the molecule is C[C@H](NC(=O)c1ccccc1OCc1ccccc1Cl)c1ccccc1. The largest absolute Gasteiger partial charge is 0.488 e. The second-order valence-corrected chi connectivity index (χ2v) is 6.39. The third kappa shape index (κ3) is 4.44. The van der Waals surface area contributed by atoms with Crippen molar-refractivity contribution in [3.05, 3.63) is 101 Å². The van der Waals surface area contributed by atoms with Gasteiger partial charge >= 0.3 is 0 Å². The summed E-state index contributed by atoms with van der Waals surface area (Å²) in [6.45, 7) is 2.26. The summed E-state index contributed by atoms with van der Waals surface area (Å²) in [5.41, 5.74) is 2.43. The molecule has 0 radical (unpaired) electrons. The van der Waals surface area contributed by atoms with E-state index in [0.29, 0.717) is 22.9 Å². The summed E-state index contributed by atoms with van der Waals surface area (Å²) in [6.07, 6.45) is 0. The number of hydrogen-bond acceptors (Lipinski definition) is 2. The molecule has 0 spiro atoms. The Morgan fingerprint density at radius 2 is 1.62 bits per heavy atom. The molecule has 0 unspecified atom stereocenters. The Morgan fingerprint density at radius 3 is 2.38 bits per heavy atom. The molecule has 3 rings (SSSR count). The van der Waals surface area contributed by atoms with Gasteiger partial charge in [-0.05, 0) is 30.7 Å². The van der Waals surface area contributed by atoms with Crippen LogP contribution in [0.2, 0.25) is 5.02 Å². The van der Waals surface area contributed by atoms with Crippen LogP contribution in [0.4, 0.5) is 0 Å². The van der Waals surface area contributed by atoms with Gasteiger partial charge in [0, 0.05) is 10.6 Å². The maximum absolute atomic E-state index is 12.7. The van der Waals surface area contributed by atoms with Crippen LogP contribution in [0.15, 0.2) is 78.9 Å². The fraction of sp³-hybridized carbons (Fsp3) is 0.136. The number of carbonyl (C=O) groups is 1. The molecule has 0 aliphatic rings. The average molecular weight is 366 g/mol. The van der Waals surface area contributed by atoms with Gasteiger partial charge in [0.1, 0.15) is 12.4 Å². The molecule has 0 saturated carbocycles. The first-order valence-electron chi connectivity index (χ1n) is 8.46. The molecular weight excluding hydrogens is 346 g/mol. The van der Waals surface area contributed by atoms with Crippen molar-refractivity contribution in [2.75, 3.05) is 0 Å². The van der Waals surface area contributed by atoms with E-state index in [2.05, 4.69) is 5.32 Å². The Bertz CT molecular complexity index is 880. The average Bonchev–Trinajstić information content (AvgIpc) is 2.68. The van der Waals surface area contributed by atoms with Crippen LogP contribution in [0.1, 0.15) is 34.5 Å². The van der Waals surface area contributed by atoms with Gasteiger partial charge in [0.25, 0.3) is 5.91 Å². The smallest absolute Gasteiger partial charge is 0.255 e. The number of ether oxygens (including phenoxy) is 1. The van der Waals surface area contributed by atoms with Crippen LogP contribution in [0, 0.1) is 0 Å². The maximum atomic E-state index is 12.7. The summed E-state index contributed by atoms with van der Waals surface area (Å²) >= 11 is 6.17. The summed E-state index contributed by atoms with van der Waals surface area (Å²) in [6, 6.07) is 24.5. The van der Waals surface area contributed by atoms with Crippen LogP contribution in [-0.2, 0) is 6.61 Å². The Hall–Kier alpha value is -2.78. The lowest BCUT2D eigenvalue weighted by Gasteiger charge is -2.16. The number of rotatable bonds is 6. The molecule has 0 fully saturated rings. The van der Waals surface area contributed by atoms with Crippen LogP contribution in [0.25, 0.3) is 0 Å². The van der Waals surface area contributed by atoms with Crippen molar-refractivity contribution >= 4 is 17.5 Å². The molecular formula is C22H20ClNO2. The van der Waals surface area contributed by atoms with Gasteiger partial charge in [0.05, 0.1) is 11.6 Å². The van der Waals surface area contributed by atoms with Gasteiger partial charge in [-0.2, -0.15) is 0 Å². The van der Waals surface area contributed by atoms with Crippen molar-refractivity contribution in [1.29, 1.82) is 0 Å². The number of nitrogens with one attached hydrogen (secondary N) is 1. The number of amides is 1. The van der Waals surface area contributed by atoms with E-state index in [1.54, 1.807) is 12.1 Å². The quantitative estimate of drug-likeness (QED) is 0.634. The molecule has 0 aliphatic carbocycles. The Kier molecular flexibility index (Phi) is 5.92. The first-order chi connectivity index (χ1) is 12.6. The number of hydrogen-bond donors (Lipinski definition) is 1. The molecule has 0 saturated heterocycles. The lowest BCUT2D eigenvalue weighted by atomic mass is 10.1. The van der Waals surface area contributed by atoms with E-state index in [-0.39, 0.29) is 11.9 Å². The first-order valence-corrected chi connectivity index (χ1v) is 8.84. The Morgan fingerprint density at radius 1 is 0.962 bits per heavy atom. The van der Waals surface area contributed by atoms with Gasteiger partial charge < -0.3 is 10.1 Å². The van der Waals surface area contributed by atoms with Gasteiger partial charge in [-0.25, -0.2) is 0 Å². The number of halogens is 1. The molecule has 4 heteroatoms. The van der Waals surface area contributed by atoms with Gasteiger partial charge in [-0.1, -0.05) is 72.3 Å². The van der Waals surface area contributed by atoms with E-state index in [9.17, 15) is 4.79 Å². The van der Waals surface area contributed by atoms with E-state index in [1.165, 1.54) is 0 Å². The normalized spacial score (nSPS) is 11.6. The van der Waals surface area contributed by atoms with Crippen molar-refractivity contribution in [3.63, 3.8) is 0 Å². The van der Waals surface area contributed by atoms with E-state index >= 15 is 0 Å². The fourth-order valence-electron chi connectivity index (χ4n) is 2.65. The minimum Gasteiger partial charge on any atom is -0.488 e. The highest BCUT2D eigenvalue weighted by Gasteiger charge is 2.15. The third-order valence-corrected chi connectivity index (χ3v) is 4.49. The molecule has 26 heavy (non-hydrogen) atoms. The van der Waals surface area contributed by atoms with Crippen molar-refractivity contribution in [1.82, 2.24) is 5.32 Å². The lowest BCUT2D eigenvalue weighted by Crippen LogP contribution is -2.27. The topological polar surface area (TPSA) is 38.3 Å². The predicted octanol–water partition coefficient (Wildman–Crippen LogP) is 5.41. The van der Waals surface area contributed by atoms with Crippen molar-refractivity contribution in [3.8, 4) is 5.75 Å². The van der Waals surface area contributed by atoms with Crippen LogP contribution in [0.5, 0.6) is 5.75 Å². The summed E-state index contributed by atoms with van der Waals surface area (Å²) < 4.78 is 5.87. The Balaban J connectivity index is 1.72. The highest BCUT2D eigenvalue weighted by Crippen LogP contribution is 2.23. The standard InChI is InChI=1S/C22H20ClNO2/c1-16(17-9-3-2-4-10-17)24-22(25)19-12-6-8-14-21(19)26-15-18-11-5-7-13-20(18)23/h2-14,16H,15H2,1H3,(H,24,25)/t16-/m0/s1. The molecule has 0 heterocycles. The van der Waals surface area contributed by atoms with Crippen molar-refractivity contribution in [2.24, 2.45) is 0 Å². The van der Waals surface area contributed by atoms with Crippen molar-refractivity contribution in [2.45, 2.75) is 19.6 Å². The van der Waals surface area contributed by atoms with Crippen LogP contribution in [0.3, 0.4) is 0 Å². The molecule has 3 aromatic rings. The summed E-state index contributed by atoms with van der Waals surface area (Å²) in [5, 5.41) is 3.66. The van der Waals surface area contributed by atoms with Gasteiger partial charge in [0.2, 0.25) is 0 Å². The second kappa shape index (κ2) is 8.54. The highest BCUT2D eigenvalue weighted by atomic mass is 35.5. The minimum absolute atomic E-state index is 0.0969.